The molecule has 0 aliphatic heterocycles. The second kappa shape index (κ2) is 5.53. The number of hydrogen-bond donors (Lipinski definition) is 1. The molecule has 2 heterocycles. The molecule has 0 aromatic carbocycles. The van der Waals surface area contributed by atoms with Gasteiger partial charge >= 0.3 is 0 Å². The number of nitrogens with one attached hydrogen (secondary N) is 1. The lowest BCUT2D eigenvalue weighted by Gasteiger charge is -2.18. The van der Waals surface area contributed by atoms with E-state index in [4.69, 9.17) is 0 Å². The fourth-order valence-corrected chi connectivity index (χ4v) is 1.86. The van der Waals surface area contributed by atoms with Gasteiger partial charge in [-0.15, -0.1) is 0 Å². The van der Waals surface area contributed by atoms with Gasteiger partial charge in [0.15, 0.2) is 0 Å². The SMILES string of the molecule is C[C@@H](NCc1cnn(C(C)(C)C)c1)c1ccncc1. The van der Waals surface area contributed by atoms with Crippen LogP contribution in [0, 0.1) is 0 Å². The molecule has 2 aromatic rings. The Morgan fingerprint density at radius 2 is 1.95 bits per heavy atom. The van der Waals surface area contributed by atoms with Crippen LogP contribution in [0.3, 0.4) is 0 Å². The molecule has 0 saturated carbocycles. The van der Waals surface area contributed by atoms with Gasteiger partial charge in [-0.1, -0.05) is 0 Å². The van der Waals surface area contributed by atoms with Gasteiger partial charge < -0.3 is 5.32 Å². The maximum Gasteiger partial charge on any atom is 0.0543 e. The molecule has 1 N–H and O–H groups in total. The van der Waals surface area contributed by atoms with Gasteiger partial charge in [-0.05, 0) is 45.4 Å². The van der Waals surface area contributed by atoms with E-state index in [2.05, 4.69) is 49.3 Å². The van der Waals surface area contributed by atoms with Crippen molar-refractivity contribution in [3.8, 4) is 0 Å². The lowest BCUT2D eigenvalue weighted by Crippen LogP contribution is -2.22. The number of pyridine rings is 1. The van der Waals surface area contributed by atoms with Crippen molar-refractivity contribution in [2.45, 2.75) is 45.8 Å². The van der Waals surface area contributed by atoms with Crippen LogP contribution >= 0.6 is 0 Å². The van der Waals surface area contributed by atoms with E-state index in [-0.39, 0.29) is 5.54 Å². The molecule has 102 valence electrons. The number of rotatable bonds is 4. The molecule has 19 heavy (non-hydrogen) atoms. The summed E-state index contributed by atoms with van der Waals surface area (Å²) < 4.78 is 2.00. The van der Waals surface area contributed by atoms with Crippen molar-refractivity contribution < 1.29 is 0 Å². The van der Waals surface area contributed by atoms with Crippen LogP contribution in [-0.4, -0.2) is 14.8 Å². The zero-order valence-corrected chi connectivity index (χ0v) is 12.1. The number of hydrogen-bond acceptors (Lipinski definition) is 3. The minimum atomic E-state index is 0.0367. The second-order valence-electron chi connectivity index (χ2n) is 5.85. The molecule has 0 unspecified atom stereocenters. The highest BCUT2D eigenvalue weighted by molar-refractivity contribution is 5.14. The summed E-state index contributed by atoms with van der Waals surface area (Å²) in [4.78, 5) is 4.04. The van der Waals surface area contributed by atoms with Gasteiger partial charge in [0.1, 0.15) is 0 Å². The quantitative estimate of drug-likeness (QED) is 0.917. The first-order valence-corrected chi connectivity index (χ1v) is 6.64. The largest absolute Gasteiger partial charge is 0.306 e. The normalized spacial score (nSPS) is 13.5. The van der Waals surface area contributed by atoms with Crippen LogP contribution in [0.2, 0.25) is 0 Å². The maximum atomic E-state index is 4.40. The lowest BCUT2D eigenvalue weighted by atomic mass is 10.1. The zero-order chi connectivity index (χ0) is 13.9. The van der Waals surface area contributed by atoms with Gasteiger partial charge in [0, 0.05) is 36.7 Å². The number of nitrogens with zero attached hydrogens (tertiary/aromatic N) is 3. The summed E-state index contributed by atoms with van der Waals surface area (Å²) >= 11 is 0. The minimum Gasteiger partial charge on any atom is -0.306 e. The van der Waals surface area contributed by atoms with Gasteiger partial charge in [0.25, 0.3) is 0 Å². The molecule has 2 rings (SSSR count). The average Bonchev–Trinajstić information content (AvgIpc) is 2.86. The molecule has 0 fully saturated rings. The summed E-state index contributed by atoms with van der Waals surface area (Å²) in [5, 5.41) is 7.90. The molecule has 1 atom stereocenters. The summed E-state index contributed by atoms with van der Waals surface area (Å²) in [6.45, 7) is 9.42. The molecule has 2 aromatic heterocycles. The molecular weight excluding hydrogens is 236 g/mol. The highest BCUT2D eigenvalue weighted by atomic mass is 15.3. The zero-order valence-electron chi connectivity index (χ0n) is 12.1. The second-order valence-corrected chi connectivity index (χ2v) is 5.85. The standard InChI is InChI=1S/C15H22N4/c1-12(14-5-7-16-8-6-14)17-9-13-10-18-19(11-13)15(2,3)4/h5-8,10-12,17H,9H2,1-4H3/t12-/m1/s1. The summed E-state index contributed by atoms with van der Waals surface area (Å²) in [7, 11) is 0. The third-order valence-electron chi connectivity index (χ3n) is 3.14. The van der Waals surface area contributed by atoms with Gasteiger partial charge in [-0.25, -0.2) is 0 Å². The smallest absolute Gasteiger partial charge is 0.0543 e. The summed E-state index contributed by atoms with van der Waals surface area (Å²) in [5.41, 5.74) is 2.49. The fraction of sp³-hybridized carbons (Fsp3) is 0.467. The highest BCUT2D eigenvalue weighted by Gasteiger charge is 2.14. The number of aromatic nitrogens is 3. The van der Waals surface area contributed by atoms with Crippen LogP contribution in [0.25, 0.3) is 0 Å². The molecule has 0 aliphatic carbocycles. The molecule has 4 nitrogen and oxygen atoms in total. The average molecular weight is 258 g/mol. The van der Waals surface area contributed by atoms with E-state index in [0.29, 0.717) is 6.04 Å². The Morgan fingerprint density at radius 1 is 1.26 bits per heavy atom. The highest BCUT2D eigenvalue weighted by Crippen LogP contribution is 2.14. The van der Waals surface area contributed by atoms with Crippen LogP contribution in [0.5, 0.6) is 0 Å². The molecule has 0 aliphatic rings. The van der Waals surface area contributed by atoms with E-state index in [0.717, 1.165) is 6.54 Å². The van der Waals surface area contributed by atoms with Crippen molar-refractivity contribution in [2.75, 3.05) is 0 Å². The molecule has 0 spiro atoms. The first kappa shape index (κ1) is 13.7. The van der Waals surface area contributed by atoms with Crippen molar-refractivity contribution in [3.05, 3.63) is 48.0 Å². The Kier molecular flexibility index (Phi) is 4.00. The first-order valence-electron chi connectivity index (χ1n) is 6.64. The predicted molar refractivity (Wildman–Crippen MR) is 76.7 cm³/mol. The van der Waals surface area contributed by atoms with Crippen LogP contribution in [0.1, 0.15) is 44.9 Å². The van der Waals surface area contributed by atoms with E-state index < -0.39 is 0 Å². The summed E-state index contributed by atoms with van der Waals surface area (Å²) in [5.74, 6) is 0. The van der Waals surface area contributed by atoms with Crippen molar-refractivity contribution >= 4 is 0 Å². The first-order chi connectivity index (χ1) is 8.97. The third kappa shape index (κ3) is 3.64. The topological polar surface area (TPSA) is 42.7 Å². The van der Waals surface area contributed by atoms with Crippen molar-refractivity contribution in [2.24, 2.45) is 0 Å². The van der Waals surface area contributed by atoms with E-state index >= 15 is 0 Å². The molecular formula is C15H22N4. The predicted octanol–water partition coefficient (Wildman–Crippen LogP) is 2.88. The third-order valence-corrected chi connectivity index (χ3v) is 3.14. The van der Waals surface area contributed by atoms with Gasteiger partial charge in [-0.2, -0.15) is 5.10 Å². The minimum absolute atomic E-state index is 0.0367. The van der Waals surface area contributed by atoms with Crippen LogP contribution < -0.4 is 5.32 Å². The Balaban J connectivity index is 1.94. The lowest BCUT2D eigenvalue weighted by molar-refractivity contribution is 0.355. The van der Waals surface area contributed by atoms with E-state index in [9.17, 15) is 0 Å². The Labute approximate surface area is 114 Å². The Bertz CT molecular complexity index is 510. The molecule has 0 bridgehead atoms. The van der Waals surface area contributed by atoms with Crippen LogP contribution in [-0.2, 0) is 12.1 Å². The fourth-order valence-electron chi connectivity index (χ4n) is 1.86. The van der Waals surface area contributed by atoms with Crippen LogP contribution in [0.4, 0.5) is 0 Å². The summed E-state index contributed by atoms with van der Waals surface area (Å²) in [6, 6.07) is 4.38. The summed E-state index contributed by atoms with van der Waals surface area (Å²) in [6.07, 6.45) is 7.68. The van der Waals surface area contributed by atoms with Gasteiger partial charge in [-0.3, -0.25) is 9.67 Å². The molecule has 0 radical (unpaired) electrons. The Hall–Kier alpha value is -1.68. The van der Waals surface area contributed by atoms with Crippen molar-refractivity contribution in [1.82, 2.24) is 20.1 Å². The van der Waals surface area contributed by atoms with Gasteiger partial charge in [0.05, 0.1) is 11.7 Å². The maximum absolute atomic E-state index is 4.40. The molecule has 0 amide bonds. The molecule has 4 heteroatoms. The van der Waals surface area contributed by atoms with E-state index in [1.165, 1.54) is 11.1 Å². The van der Waals surface area contributed by atoms with Crippen molar-refractivity contribution in [3.63, 3.8) is 0 Å². The molecule has 0 saturated heterocycles. The van der Waals surface area contributed by atoms with Gasteiger partial charge in [0.2, 0.25) is 0 Å². The Morgan fingerprint density at radius 3 is 2.53 bits per heavy atom. The van der Waals surface area contributed by atoms with E-state index in [1.54, 1.807) is 0 Å². The monoisotopic (exact) mass is 258 g/mol. The van der Waals surface area contributed by atoms with E-state index in [1.807, 2.05) is 35.4 Å². The van der Waals surface area contributed by atoms with Crippen LogP contribution in [0.15, 0.2) is 36.9 Å². The van der Waals surface area contributed by atoms with Crippen molar-refractivity contribution in [1.29, 1.82) is 0 Å².